The zero-order valence-electron chi connectivity index (χ0n) is 9.31. The second-order valence-corrected chi connectivity index (χ2v) is 5.92. The van der Waals surface area contributed by atoms with Crippen LogP contribution in [0.3, 0.4) is 0 Å². The number of aryl methyl sites for hydroxylation is 1. The quantitative estimate of drug-likeness (QED) is 0.671. The number of halogens is 1. The van der Waals surface area contributed by atoms with Gasteiger partial charge in [0.25, 0.3) is 0 Å². The minimum absolute atomic E-state index is 0.759. The average molecular weight is 286 g/mol. The van der Waals surface area contributed by atoms with Gasteiger partial charge in [-0.05, 0) is 42.7 Å². The fraction of sp³-hybridized carbons (Fsp3) is 0.273. The lowest BCUT2D eigenvalue weighted by molar-refractivity contribution is 1.10. The topological polar surface area (TPSA) is 37.8 Å². The van der Waals surface area contributed by atoms with Crippen molar-refractivity contribution in [3.63, 3.8) is 0 Å². The number of aromatic nitrogens is 2. The molecule has 17 heavy (non-hydrogen) atoms. The Morgan fingerprint density at radius 1 is 1.35 bits per heavy atom. The molecule has 0 saturated carbocycles. The molecule has 0 radical (unpaired) electrons. The molecule has 3 nitrogen and oxygen atoms in total. The van der Waals surface area contributed by atoms with Crippen LogP contribution in [0.4, 0.5) is 5.69 Å². The Morgan fingerprint density at radius 3 is 2.76 bits per heavy atom. The summed E-state index contributed by atoms with van der Waals surface area (Å²) in [4.78, 5) is 4.29. The Kier molecular flexibility index (Phi) is 4.65. The third-order valence-electron chi connectivity index (χ3n) is 2.01. The monoisotopic (exact) mass is 285 g/mol. The summed E-state index contributed by atoms with van der Waals surface area (Å²) in [5.74, 6) is 1.82. The van der Waals surface area contributed by atoms with E-state index in [1.165, 1.54) is 11.5 Å². The van der Waals surface area contributed by atoms with Crippen molar-refractivity contribution >= 4 is 40.6 Å². The predicted molar refractivity (Wildman–Crippen MR) is 75.3 cm³/mol. The summed E-state index contributed by atoms with van der Waals surface area (Å²) in [5.41, 5.74) is 1.09. The Hall–Kier alpha value is -0.780. The predicted octanol–water partition coefficient (Wildman–Crippen LogP) is 3.70. The van der Waals surface area contributed by atoms with Crippen molar-refractivity contribution in [3.05, 3.63) is 35.1 Å². The van der Waals surface area contributed by atoms with Crippen LogP contribution in [0.15, 0.2) is 28.6 Å². The second kappa shape index (κ2) is 6.23. The van der Waals surface area contributed by atoms with E-state index in [0.29, 0.717) is 0 Å². The number of rotatable bonds is 5. The lowest BCUT2D eigenvalue weighted by Crippen LogP contribution is -2.03. The van der Waals surface area contributed by atoms with Crippen LogP contribution in [0.2, 0.25) is 5.02 Å². The average Bonchev–Trinajstić information content (AvgIpc) is 2.73. The van der Waals surface area contributed by atoms with Gasteiger partial charge >= 0.3 is 0 Å². The van der Waals surface area contributed by atoms with Crippen LogP contribution in [-0.2, 0) is 0 Å². The summed E-state index contributed by atoms with van der Waals surface area (Å²) in [6.45, 7) is 2.80. The summed E-state index contributed by atoms with van der Waals surface area (Å²) < 4.78 is 5.17. The van der Waals surface area contributed by atoms with Crippen LogP contribution >= 0.6 is 34.9 Å². The molecular formula is C11H12ClN3S2. The molecule has 0 unspecified atom stereocenters. The van der Waals surface area contributed by atoms with Gasteiger partial charge in [-0.2, -0.15) is 4.37 Å². The summed E-state index contributed by atoms with van der Waals surface area (Å²) >= 11 is 8.98. The van der Waals surface area contributed by atoms with E-state index in [0.717, 1.165) is 33.2 Å². The zero-order valence-corrected chi connectivity index (χ0v) is 11.7. The van der Waals surface area contributed by atoms with Crippen LogP contribution < -0.4 is 5.32 Å². The van der Waals surface area contributed by atoms with Gasteiger partial charge in [-0.25, -0.2) is 4.98 Å². The van der Waals surface area contributed by atoms with Gasteiger partial charge < -0.3 is 5.32 Å². The molecule has 2 aromatic rings. The Balaban J connectivity index is 1.71. The SMILES string of the molecule is Cc1nsc(SCCNc2ccc(Cl)cc2)n1. The maximum absolute atomic E-state index is 5.81. The molecule has 0 aliphatic heterocycles. The number of nitrogens with zero attached hydrogens (tertiary/aromatic N) is 2. The number of nitrogens with one attached hydrogen (secondary N) is 1. The van der Waals surface area contributed by atoms with Crippen LogP contribution in [0.5, 0.6) is 0 Å². The highest BCUT2D eigenvalue weighted by Crippen LogP contribution is 2.19. The van der Waals surface area contributed by atoms with Crippen molar-refractivity contribution in [1.29, 1.82) is 0 Å². The van der Waals surface area contributed by atoms with Crippen molar-refractivity contribution in [2.75, 3.05) is 17.6 Å². The molecule has 0 saturated heterocycles. The highest BCUT2D eigenvalue weighted by atomic mass is 35.5. The van der Waals surface area contributed by atoms with Gasteiger partial charge in [0.1, 0.15) is 5.82 Å². The molecule has 1 N–H and O–H groups in total. The Morgan fingerprint density at radius 2 is 2.12 bits per heavy atom. The van der Waals surface area contributed by atoms with Crippen molar-refractivity contribution in [1.82, 2.24) is 9.36 Å². The molecule has 0 fully saturated rings. The van der Waals surface area contributed by atoms with Gasteiger partial charge in [-0.15, -0.1) is 0 Å². The van der Waals surface area contributed by atoms with Crippen molar-refractivity contribution in [2.45, 2.75) is 11.3 Å². The van der Waals surface area contributed by atoms with E-state index in [9.17, 15) is 0 Å². The van der Waals surface area contributed by atoms with E-state index in [4.69, 9.17) is 11.6 Å². The first-order valence-corrected chi connectivity index (χ1v) is 7.30. The minimum Gasteiger partial charge on any atom is -0.384 e. The smallest absolute Gasteiger partial charge is 0.170 e. The van der Waals surface area contributed by atoms with Crippen LogP contribution in [0.25, 0.3) is 0 Å². The number of hydrogen-bond donors (Lipinski definition) is 1. The normalized spacial score (nSPS) is 10.5. The van der Waals surface area contributed by atoms with Crippen LogP contribution in [0, 0.1) is 6.92 Å². The van der Waals surface area contributed by atoms with E-state index >= 15 is 0 Å². The Bertz CT molecular complexity index is 470. The first-order valence-electron chi connectivity index (χ1n) is 5.16. The first kappa shape index (κ1) is 12.7. The molecule has 6 heteroatoms. The molecule has 0 atom stereocenters. The van der Waals surface area contributed by atoms with Crippen molar-refractivity contribution in [3.8, 4) is 0 Å². The van der Waals surface area contributed by atoms with Crippen molar-refractivity contribution in [2.24, 2.45) is 0 Å². The molecule has 0 aliphatic rings. The minimum atomic E-state index is 0.759. The molecule has 0 aliphatic carbocycles. The highest BCUT2D eigenvalue weighted by Gasteiger charge is 2.00. The van der Waals surface area contributed by atoms with Gasteiger partial charge in [0.05, 0.1) is 0 Å². The van der Waals surface area contributed by atoms with Gasteiger partial charge in [0.15, 0.2) is 4.34 Å². The van der Waals surface area contributed by atoms with Gasteiger partial charge in [-0.3, -0.25) is 0 Å². The lowest BCUT2D eigenvalue weighted by atomic mass is 10.3. The lowest BCUT2D eigenvalue weighted by Gasteiger charge is -2.04. The maximum Gasteiger partial charge on any atom is 0.170 e. The number of benzene rings is 1. The molecule has 0 bridgehead atoms. The van der Waals surface area contributed by atoms with E-state index in [2.05, 4.69) is 14.7 Å². The number of anilines is 1. The van der Waals surface area contributed by atoms with Crippen molar-refractivity contribution < 1.29 is 0 Å². The maximum atomic E-state index is 5.81. The van der Waals surface area contributed by atoms with E-state index in [1.807, 2.05) is 31.2 Å². The van der Waals surface area contributed by atoms with Gasteiger partial charge in [0.2, 0.25) is 0 Å². The summed E-state index contributed by atoms with van der Waals surface area (Å²) in [7, 11) is 0. The molecule has 0 amide bonds. The zero-order chi connectivity index (χ0) is 12.1. The summed E-state index contributed by atoms with van der Waals surface area (Å²) in [6, 6.07) is 7.71. The Labute approximate surface area is 114 Å². The largest absolute Gasteiger partial charge is 0.384 e. The molecule has 1 aromatic heterocycles. The standard InChI is InChI=1S/C11H12ClN3S2/c1-8-14-11(17-15-8)16-7-6-13-10-4-2-9(12)3-5-10/h2-5,13H,6-7H2,1H3. The summed E-state index contributed by atoms with van der Waals surface area (Å²) in [5, 5.41) is 4.08. The summed E-state index contributed by atoms with van der Waals surface area (Å²) in [6.07, 6.45) is 0. The number of thioether (sulfide) groups is 1. The third kappa shape index (κ3) is 4.18. The number of hydrogen-bond acceptors (Lipinski definition) is 5. The second-order valence-electron chi connectivity index (χ2n) is 3.39. The molecular weight excluding hydrogens is 274 g/mol. The molecule has 1 aromatic carbocycles. The van der Waals surface area contributed by atoms with Crippen LogP contribution in [0.1, 0.15) is 5.82 Å². The highest BCUT2D eigenvalue weighted by molar-refractivity contribution is 8.00. The van der Waals surface area contributed by atoms with Gasteiger partial charge in [0, 0.05) is 23.0 Å². The fourth-order valence-corrected chi connectivity index (χ4v) is 2.94. The van der Waals surface area contributed by atoms with Gasteiger partial charge in [-0.1, -0.05) is 23.4 Å². The van der Waals surface area contributed by atoms with E-state index in [-0.39, 0.29) is 0 Å². The molecule has 90 valence electrons. The molecule has 0 spiro atoms. The molecule has 2 rings (SSSR count). The third-order valence-corrected chi connectivity index (χ3v) is 4.19. The fourth-order valence-electron chi connectivity index (χ4n) is 1.24. The molecule has 1 heterocycles. The first-order chi connectivity index (χ1) is 8.24. The van der Waals surface area contributed by atoms with Crippen LogP contribution in [-0.4, -0.2) is 21.7 Å². The van der Waals surface area contributed by atoms with E-state index in [1.54, 1.807) is 11.8 Å². The van der Waals surface area contributed by atoms with E-state index < -0.39 is 0 Å².